The number of nitrogens with zero attached hydrogens (tertiary/aromatic N) is 5. The van der Waals surface area contributed by atoms with Crippen molar-refractivity contribution in [3.8, 4) is 16.1 Å². The van der Waals surface area contributed by atoms with E-state index in [0.717, 1.165) is 58.2 Å². The number of hydrogen-bond acceptors (Lipinski definition) is 6. The fourth-order valence-corrected chi connectivity index (χ4v) is 5.40. The number of fused-ring (bicyclic) bond motifs is 2. The summed E-state index contributed by atoms with van der Waals surface area (Å²) in [6, 6.07) is 19.5. The molecule has 0 N–H and O–H groups in total. The van der Waals surface area contributed by atoms with E-state index in [1.165, 1.54) is 11.3 Å². The molecule has 0 bridgehead atoms. The fraction of sp³-hybridized carbons (Fsp3) is 0.154. The first-order valence-corrected chi connectivity index (χ1v) is 12.2. The summed E-state index contributed by atoms with van der Waals surface area (Å²) in [4.78, 5) is 30.4. The monoisotopic (exact) mass is 485 g/mol. The van der Waals surface area contributed by atoms with Crippen LogP contribution in [0.3, 0.4) is 0 Å². The molecule has 1 aliphatic heterocycles. The minimum absolute atomic E-state index is 0.0806. The highest BCUT2D eigenvalue weighted by Gasteiger charge is 2.15. The Balaban J connectivity index is 1.34. The van der Waals surface area contributed by atoms with Crippen molar-refractivity contribution in [2.24, 2.45) is 4.99 Å². The molecule has 6 nitrogen and oxygen atoms in total. The van der Waals surface area contributed by atoms with E-state index in [4.69, 9.17) is 16.6 Å². The standard InChI is InChI=1S/C26H20ClN5OS/c1-16-28-10-11-31(16)14-20-7-4-18-12-21(8-9-22(18)30-20)32-15-29-23-13-24(34-25(23)26(32)33)17-2-5-19(27)6-3-17/h2-9,12-13,15H,10-11,14H2,1H3. The van der Waals surface area contributed by atoms with Gasteiger partial charge in [-0.1, -0.05) is 29.8 Å². The van der Waals surface area contributed by atoms with Crippen molar-refractivity contribution in [2.45, 2.75) is 13.5 Å². The average molecular weight is 486 g/mol. The second-order valence-electron chi connectivity index (χ2n) is 8.28. The summed E-state index contributed by atoms with van der Waals surface area (Å²) in [7, 11) is 0. The molecule has 5 aromatic rings. The Morgan fingerprint density at radius 3 is 2.68 bits per heavy atom. The molecule has 6 rings (SSSR count). The van der Waals surface area contributed by atoms with Gasteiger partial charge in [-0.3, -0.25) is 19.3 Å². The Labute approximate surface area is 204 Å². The summed E-state index contributed by atoms with van der Waals surface area (Å²) in [5.74, 6) is 1.06. The highest BCUT2D eigenvalue weighted by atomic mass is 35.5. The van der Waals surface area contributed by atoms with E-state index in [2.05, 4.69) is 20.9 Å². The molecular formula is C26H20ClN5OS. The lowest BCUT2D eigenvalue weighted by atomic mass is 10.1. The molecule has 0 saturated carbocycles. The SMILES string of the molecule is CC1=NCCN1Cc1ccc2cc(-n3cnc4cc(-c5ccc(Cl)cc5)sc4c3=O)ccc2n1. The molecule has 0 unspecified atom stereocenters. The molecule has 0 atom stereocenters. The molecule has 4 heterocycles. The van der Waals surface area contributed by atoms with E-state index in [1.54, 1.807) is 10.9 Å². The van der Waals surface area contributed by atoms with Crippen LogP contribution in [0.5, 0.6) is 0 Å². The number of aliphatic imine (C=N–C) groups is 1. The van der Waals surface area contributed by atoms with Crippen molar-refractivity contribution in [1.29, 1.82) is 0 Å². The van der Waals surface area contributed by atoms with Gasteiger partial charge in [0.15, 0.2) is 0 Å². The molecule has 0 saturated heterocycles. The van der Waals surface area contributed by atoms with Gasteiger partial charge in [0, 0.05) is 21.8 Å². The van der Waals surface area contributed by atoms with Crippen LogP contribution in [0, 0.1) is 0 Å². The van der Waals surface area contributed by atoms with Gasteiger partial charge in [-0.05, 0) is 55.0 Å². The minimum atomic E-state index is -0.0806. The summed E-state index contributed by atoms with van der Waals surface area (Å²) in [5.41, 5.74) is 4.31. The molecule has 0 radical (unpaired) electrons. The van der Waals surface area contributed by atoms with E-state index >= 15 is 0 Å². The number of halogens is 1. The van der Waals surface area contributed by atoms with Crippen molar-refractivity contribution in [3.63, 3.8) is 0 Å². The molecule has 0 spiro atoms. The van der Waals surface area contributed by atoms with Gasteiger partial charge in [0.1, 0.15) is 11.0 Å². The lowest BCUT2D eigenvalue weighted by Crippen LogP contribution is -2.25. The smallest absolute Gasteiger partial charge is 0.275 e. The topological polar surface area (TPSA) is 63.4 Å². The van der Waals surface area contributed by atoms with Gasteiger partial charge in [-0.2, -0.15) is 0 Å². The molecule has 0 fully saturated rings. The zero-order chi connectivity index (χ0) is 23.2. The van der Waals surface area contributed by atoms with Crippen LogP contribution in [0.4, 0.5) is 0 Å². The maximum absolute atomic E-state index is 13.3. The molecule has 3 aromatic heterocycles. The van der Waals surface area contributed by atoms with Gasteiger partial charge in [-0.25, -0.2) is 4.98 Å². The Kier molecular flexibility index (Phi) is 5.16. The highest BCUT2D eigenvalue weighted by Crippen LogP contribution is 2.31. The van der Waals surface area contributed by atoms with Crippen molar-refractivity contribution in [3.05, 3.63) is 88.1 Å². The van der Waals surface area contributed by atoms with Crippen LogP contribution in [0.15, 0.2) is 76.8 Å². The number of amidine groups is 1. The summed E-state index contributed by atoms with van der Waals surface area (Å²) in [6.45, 7) is 4.57. The summed E-state index contributed by atoms with van der Waals surface area (Å²) in [5, 5.41) is 1.66. The maximum atomic E-state index is 13.3. The molecule has 168 valence electrons. The van der Waals surface area contributed by atoms with E-state index in [1.807, 2.05) is 61.5 Å². The third-order valence-electron chi connectivity index (χ3n) is 6.10. The van der Waals surface area contributed by atoms with E-state index in [9.17, 15) is 4.79 Å². The largest absolute Gasteiger partial charge is 0.353 e. The number of benzene rings is 2. The van der Waals surface area contributed by atoms with Crippen LogP contribution in [0.2, 0.25) is 5.02 Å². The first-order valence-electron chi connectivity index (χ1n) is 11.0. The molecule has 8 heteroatoms. The van der Waals surface area contributed by atoms with E-state index in [-0.39, 0.29) is 5.56 Å². The zero-order valence-corrected chi connectivity index (χ0v) is 20.0. The Hall–Kier alpha value is -3.55. The van der Waals surface area contributed by atoms with Crippen molar-refractivity contribution in [2.75, 3.05) is 13.1 Å². The predicted molar refractivity (Wildman–Crippen MR) is 139 cm³/mol. The van der Waals surface area contributed by atoms with Crippen LogP contribution in [-0.2, 0) is 6.54 Å². The lowest BCUT2D eigenvalue weighted by Gasteiger charge is -2.17. The van der Waals surface area contributed by atoms with Gasteiger partial charge < -0.3 is 4.90 Å². The summed E-state index contributed by atoms with van der Waals surface area (Å²) >= 11 is 7.46. The number of hydrogen-bond donors (Lipinski definition) is 0. The van der Waals surface area contributed by atoms with Gasteiger partial charge in [0.05, 0.1) is 41.3 Å². The average Bonchev–Trinajstić information content (AvgIpc) is 3.46. The van der Waals surface area contributed by atoms with Crippen molar-refractivity contribution in [1.82, 2.24) is 19.4 Å². The summed E-state index contributed by atoms with van der Waals surface area (Å²) in [6.07, 6.45) is 1.60. The van der Waals surface area contributed by atoms with Gasteiger partial charge >= 0.3 is 0 Å². The Bertz CT molecular complexity index is 1640. The predicted octanol–water partition coefficient (Wildman–Crippen LogP) is 5.55. The van der Waals surface area contributed by atoms with Crippen LogP contribution in [0.1, 0.15) is 12.6 Å². The molecule has 34 heavy (non-hydrogen) atoms. The third-order valence-corrected chi connectivity index (χ3v) is 7.51. The van der Waals surface area contributed by atoms with Gasteiger partial charge in [0.2, 0.25) is 0 Å². The molecule has 0 aliphatic carbocycles. The van der Waals surface area contributed by atoms with Crippen molar-refractivity contribution < 1.29 is 0 Å². The number of thiophene rings is 1. The third kappa shape index (κ3) is 3.77. The molecule has 0 amide bonds. The Morgan fingerprint density at radius 2 is 1.88 bits per heavy atom. The van der Waals surface area contributed by atoms with Crippen LogP contribution in [0.25, 0.3) is 37.2 Å². The van der Waals surface area contributed by atoms with E-state index < -0.39 is 0 Å². The van der Waals surface area contributed by atoms with E-state index in [0.29, 0.717) is 15.2 Å². The minimum Gasteiger partial charge on any atom is -0.353 e. The number of pyridine rings is 1. The van der Waals surface area contributed by atoms with Crippen LogP contribution < -0.4 is 5.56 Å². The molecule has 2 aromatic carbocycles. The lowest BCUT2D eigenvalue weighted by molar-refractivity contribution is 0.444. The van der Waals surface area contributed by atoms with Gasteiger partial charge in [0.25, 0.3) is 5.56 Å². The maximum Gasteiger partial charge on any atom is 0.275 e. The fourth-order valence-electron chi connectivity index (χ4n) is 4.23. The number of rotatable bonds is 4. The summed E-state index contributed by atoms with van der Waals surface area (Å²) < 4.78 is 2.23. The number of aromatic nitrogens is 3. The first kappa shape index (κ1) is 21.0. The molecular weight excluding hydrogens is 466 g/mol. The van der Waals surface area contributed by atoms with Gasteiger partial charge in [-0.15, -0.1) is 11.3 Å². The second kappa shape index (κ2) is 8.34. The highest BCUT2D eigenvalue weighted by molar-refractivity contribution is 7.22. The first-order chi connectivity index (χ1) is 16.5. The van der Waals surface area contributed by atoms with Crippen molar-refractivity contribution >= 4 is 49.9 Å². The Morgan fingerprint density at radius 1 is 1.03 bits per heavy atom. The molecule has 1 aliphatic rings. The quantitative estimate of drug-likeness (QED) is 0.335. The van der Waals surface area contributed by atoms with Crippen LogP contribution in [-0.4, -0.2) is 38.4 Å². The normalized spacial score (nSPS) is 13.7. The zero-order valence-electron chi connectivity index (χ0n) is 18.4. The second-order valence-corrected chi connectivity index (χ2v) is 9.77. The van der Waals surface area contributed by atoms with Crippen LogP contribution >= 0.6 is 22.9 Å².